The maximum atomic E-state index is 3.89. The summed E-state index contributed by atoms with van der Waals surface area (Å²) < 4.78 is 0. The van der Waals surface area contributed by atoms with Crippen molar-refractivity contribution in [3.63, 3.8) is 0 Å². The molecule has 0 N–H and O–H groups in total. The molecule has 0 bridgehead atoms. The van der Waals surface area contributed by atoms with Crippen LogP contribution in [0.15, 0.2) is 36.1 Å². The van der Waals surface area contributed by atoms with Crippen LogP contribution in [-0.2, 0) is 0 Å². The Balaban J connectivity index is 0. The third kappa shape index (κ3) is 7.38. The molecule has 1 nitrogen and oxygen atoms in total. The molecule has 0 radical (unpaired) electrons. The van der Waals surface area contributed by atoms with Crippen LogP contribution in [-0.4, -0.2) is 19.0 Å². The summed E-state index contributed by atoms with van der Waals surface area (Å²) in [6.45, 7) is 11.9. The Kier molecular flexibility index (Phi) is 10.2. The van der Waals surface area contributed by atoms with E-state index in [0.717, 1.165) is 5.57 Å². The van der Waals surface area contributed by atoms with Gasteiger partial charge in [0.2, 0.25) is 0 Å². The fraction of sp³-hybridized carbons (Fsp3) is 0.500. The van der Waals surface area contributed by atoms with Gasteiger partial charge in [0.15, 0.2) is 0 Å². The van der Waals surface area contributed by atoms with Gasteiger partial charge in [-0.25, -0.2) is 0 Å². The molecule has 0 aromatic carbocycles. The maximum absolute atomic E-state index is 3.89. The van der Waals surface area contributed by atoms with Gasteiger partial charge >= 0.3 is 0 Å². The van der Waals surface area contributed by atoms with E-state index in [0.29, 0.717) is 0 Å². The van der Waals surface area contributed by atoms with Gasteiger partial charge in [-0.3, -0.25) is 0 Å². The summed E-state index contributed by atoms with van der Waals surface area (Å²) in [4.78, 5) is 2.06. The van der Waals surface area contributed by atoms with Gasteiger partial charge in [0.25, 0.3) is 0 Å². The number of hydrogen-bond donors (Lipinski definition) is 0. The zero-order valence-corrected chi connectivity index (χ0v) is 9.89. The van der Waals surface area contributed by atoms with Gasteiger partial charge in [-0.2, -0.15) is 0 Å². The average Bonchev–Trinajstić information content (AvgIpc) is 2.07. The first-order chi connectivity index (χ1) is 6.09. The quantitative estimate of drug-likeness (QED) is 0.601. The molecule has 0 aromatic heterocycles. The Hall–Kier alpha value is -0.980. The Morgan fingerprint density at radius 2 is 1.69 bits per heavy atom. The lowest BCUT2D eigenvalue weighted by atomic mass is 10.2. The third-order valence-electron chi connectivity index (χ3n) is 1.37. The predicted molar refractivity (Wildman–Crippen MR) is 62.7 cm³/mol. The van der Waals surface area contributed by atoms with Crippen molar-refractivity contribution in [1.82, 2.24) is 4.90 Å². The molecule has 13 heavy (non-hydrogen) atoms. The predicted octanol–water partition coefficient (Wildman–Crippen LogP) is 3.61. The molecule has 0 rings (SSSR count). The van der Waals surface area contributed by atoms with Crippen molar-refractivity contribution in [2.24, 2.45) is 0 Å². The fourth-order valence-electron chi connectivity index (χ4n) is 0.860. The summed E-state index contributed by atoms with van der Waals surface area (Å²) in [5.74, 6) is 0. The van der Waals surface area contributed by atoms with Gasteiger partial charge in [0, 0.05) is 19.8 Å². The molecule has 0 fully saturated rings. The first kappa shape index (κ1) is 14.5. The minimum atomic E-state index is 1.09. The highest BCUT2D eigenvalue weighted by Crippen LogP contribution is 2.08. The van der Waals surface area contributed by atoms with Crippen molar-refractivity contribution in [2.75, 3.05) is 14.1 Å². The van der Waals surface area contributed by atoms with E-state index in [1.165, 1.54) is 5.70 Å². The lowest BCUT2D eigenvalue weighted by Gasteiger charge is -2.16. The maximum Gasteiger partial charge on any atom is 0.0384 e. The van der Waals surface area contributed by atoms with E-state index in [1.807, 2.05) is 53.9 Å². The average molecular weight is 181 g/mol. The van der Waals surface area contributed by atoms with Crippen molar-refractivity contribution in [1.29, 1.82) is 0 Å². The molecule has 0 spiro atoms. The minimum absolute atomic E-state index is 1.09. The second-order valence-electron chi connectivity index (χ2n) is 2.75. The van der Waals surface area contributed by atoms with Crippen LogP contribution < -0.4 is 0 Å². The molecule has 0 aliphatic heterocycles. The molecule has 0 atom stereocenters. The number of hydrogen-bond acceptors (Lipinski definition) is 1. The van der Waals surface area contributed by atoms with Crippen LogP contribution in [0.1, 0.15) is 27.7 Å². The molecule has 0 aliphatic rings. The highest BCUT2D eigenvalue weighted by molar-refractivity contribution is 5.28. The first-order valence-electron chi connectivity index (χ1n) is 4.75. The van der Waals surface area contributed by atoms with Crippen LogP contribution in [0.2, 0.25) is 0 Å². The lowest BCUT2D eigenvalue weighted by Crippen LogP contribution is -2.11. The SMILES string of the molecule is C=C(C)/C(=C\C=C/C)N(C)C.CC. The summed E-state index contributed by atoms with van der Waals surface area (Å²) >= 11 is 0. The Labute approximate surface area is 83.5 Å². The molecule has 0 saturated carbocycles. The molecule has 0 unspecified atom stereocenters. The lowest BCUT2D eigenvalue weighted by molar-refractivity contribution is 0.522. The van der Waals surface area contributed by atoms with Crippen molar-refractivity contribution in [3.8, 4) is 0 Å². The Morgan fingerprint density at radius 3 is 1.92 bits per heavy atom. The fourth-order valence-corrected chi connectivity index (χ4v) is 0.860. The largest absolute Gasteiger partial charge is 0.377 e. The van der Waals surface area contributed by atoms with Gasteiger partial charge in [-0.15, -0.1) is 0 Å². The van der Waals surface area contributed by atoms with Crippen LogP contribution in [0.5, 0.6) is 0 Å². The van der Waals surface area contributed by atoms with E-state index in [4.69, 9.17) is 0 Å². The number of allylic oxidation sites excluding steroid dienone is 4. The molecule has 1 heteroatoms. The molecule has 76 valence electrons. The summed E-state index contributed by atoms with van der Waals surface area (Å²) in [7, 11) is 4.04. The van der Waals surface area contributed by atoms with E-state index in [2.05, 4.69) is 17.6 Å². The molecule has 0 aliphatic carbocycles. The van der Waals surface area contributed by atoms with E-state index in [1.54, 1.807) is 0 Å². The van der Waals surface area contributed by atoms with Crippen molar-refractivity contribution >= 4 is 0 Å². The Bertz CT molecular complexity index is 185. The smallest absolute Gasteiger partial charge is 0.0384 e. The normalized spacial score (nSPS) is 10.8. The van der Waals surface area contributed by atoms with E-state index in [-0.39, 0.29) is 0 Å². The van der Waals surface area contributed by atoms with Crippen molar-refractivity contribution < 1.29 is 0 Å². The zero-order valence-electron chi connectivity index (χ0n) is 9.89. The molecule has 0 saturated heterocycles. The first-order valence-corrected chi connectivity index (χ1v) is 4.75. The molecule has 0 aromatic rings. The summed E-state index contributed by atoms with van der Waals surface area (Å²) in [6, 6.07) is 0. The van der Waals surface area contributed by atoms with Gasteiger partial charge in [0.05, 0.1) is 0 Å². The standard InChI is InChI=1S/C10H17N.C2H6/c1-6-7-8-10(9(2)3)11(4)5;1-2/h6-8H,2H2,1,3-5H3;1-2H3/b7-6-,10-8+;. The van der Waals surface area contributed by atoms with E-state index in [9.17, 15) is 0 Å². The molecular formula is C12H23N. The van der Waals surface area contributed by atoms with Crippen LogP contribution in [0, 0.1) is 0 Å². The van der Waals surface area contributed by atoms with Crippen LogP contribution in [0.25, 0.3) is 0 Å². The van der Waals surface area contributed by atoms with Crippen molar-refractivity contribution in [2.45, 2.75) is 27.7 Å². The number of likely N-dealkylation sites (N-methyl/N-ethyl adjacent to an activating group) is 1. The van der Waals surface area contributed by atoms with Crippen LogP contribution in [0.3, 0.4) is 0 Å². The summed E-state index contributed by atoms with van der Waals surface area (Å²) in [5.41, 5.74) is 2.26. The van der Waals surface area contributed by atoms with Crippen LogP contribution >= 0.6 is 0 Å². The van der Waals surface area contributed by atoms with E-state index < -0.39 is 0 Å². The third-order valence-corrected chi connectivity index (χ3v) is 1.37. The van der Waals surface area contributed by atoms with Gasteiger partial charge < -0.3 is 4.90 Å². The second-order valence-corrected chi connectivity index (χ2v) is 2.75. The van der Waals surface area contributed by atoms with E-state index >= 15 is 0 Å². The van der Waals surface area contributed by atoms with Gasteiger partial charge in [-0.1, -0.05) is 32.6 Å². The number of rotatable bonds is 3. The topological polar surface area (TPSA) is 3.24 Å². The minimum Gasteiger partial charge on any atom is -0.377 e. The highest BCUT2D eigenvalue weighted by Gasteiger charge is 1.96. The Morgan fingerprint density at radius 1 is 1.23 bits per heavy atom. The van der Waals surface area contributed by atoms with Crippen molar-refractivity contribution in [3.05, 3.63) is 36.1 Å². The highest BCUT2D eigenvalue weighted by atomic mass is 15.1. The molecule has 0 heterocycles. The summed E-state index contributed by atoms with van der Waals surface area (Å²) in [5, 5.41) is 0. The summed E-state index contributed by atoms with van der Waals surface area (Å²) in [6.07, 6.45) is 6.08. The second kappa shape index (κ2) is 9.11. The molecular weight excluding hydrogens is 158 g/mol. The van der Waals surface area contributed by atoms with Gasteiger partial charge in [-0.05, 0) is 25.5 Å². The van der Waals surface area contributed by atoms with Crippen LogP contribution in [0.4, 0.5) is 0 Å². The molecule has 0 amide bonds. The number of nitrogens with zero attached hydrogens (tertiary/aromatic N) is 1. The zero-order chi connectivity index (χ0) is 10.9. The van der Waals surface area contributed by atoms with Gasteiger partial charge in [0.1, 0.15) is 0 Å². The monoisotopic (exact) mass is 181 g/mol.